The minimum Gasteiger partial charge on any atom is -0.494 e. The molecule has 0 unspecified atom stereocenters. The monoisotopic (exact) mass is 457 g/mol. The second kappa shape index (κ2) is 10.4. The molecule has 3 aromatic rings. The summed E-state index contributed by atoms with van der Waals surface area (Å²) >= 11 is 0. The van der Waals surface area contributed by atoms with Crippen molar-refractivity contribution in [3.05, 3.63) is 60.3 Å². The van der Waals surface area contributed by atoms with Gasteiger partial charge in [0.25, 0.3) is 0 Å². The van der Waals surface area contributed by atoms with Crippen molar-refractivity contribution in [1.29, 1.82) is 0 Å². The number of aromatic nitrogens is 2. The Labute approximate surface area is 192 Å². The van der Waals surface area contributed by atoms with Crippen molar-refractivity contribution in [2.24, 2.45) is 5.92 Å². The smallest absolute Gasteiger partial charge is 0.433 e. The van der Waals surface area contributed by atoms with E-state index in [1.54, 1.807) is 48.5 Å². The van der Waals surface area contributed by atoms with Crippen LogP contribution in [-0.4, -0.2) is 41.6 Å². The van der Waals surface area contributed by atoms with Crippen molar-refractivity contribution in [1.82, 2.24) is 14.9 Å². The van der Waals surface area contributed by atoms with Crippen LogP contribution in [0.25, 0.3) is 22.6 Å². The highest BCUT2D eigenvalue weighted by Crippen LogP contribution is 2.37. The minimum absolute atomic E-state index is 0.0988. The van der Waals surface area contributed by atoms with E-state index in [2.05, 4.69) is 21.9 Å². The van der Waals surface area contributed by atoms with E-state index in [1.807, 2.05) is 6.07 Å². The lowest BCUT2D eigenvalue weighted by Gasteiger charge is -2.28. The van der Waals surface area contributed by atoms with E-state index in [1.165, 1.54) is 32.4 Å². The number of H-pyrrole nitrogens is 1. The fourth-order valence-electron chi connectivity index (χ4n) is 4.33. The van der Waals surface area contributed by atoms with Gasteiger partial charge in [0, 0.05) is 11.1 Å². The van der Waals surface area contributed by atoms with Crippen molar-refractivity contribution in [2.45, 2.75) is 38.3 Å². The molecule has 7 heteroatoms. The van der Waals surface area contributed by atoms with Crippen molar-refractivity contribution in [2.75, 3.05) is 26.7 Å². The van der Waals surface area contributed by atoms with E-state index in [4.69, 9.17) is 4.74 Å². The number of likely N-dealkylation sites (tertiary alicyclic amines) is 1. The molecule has 0 aliphatic carbocycles. The van der Waals surface area contributed by atoms with Gasteiger partial charge in [-0.15, -0.1) is 0 Å². The molecule has 1 fully saturated rings. The molecule has 0 atom stereocenters. The van der Waals surface area contributed by atoms with Crippen LogP contribution in [-0.2, 0) is 6.18 Å². The standard InChI is InChI=1S/C26H30F3N3O/c1-32-15-13-19(14-16-32)8-5-6-17-33-22-12-7-11-21(18-22)25-30-23(20-9-3-2-4-10-20)24(31-25)26(27,28)29/h2-4,7,9-12,18-19H,5-6,8,13-17H2,1H3,(H,30,31). The molecule has 1 aliphatic rings. The van der Waals surface area contributed by atoms with Crippen LogP contribution in [0, 0.1) is 5.92 Å². The zero-order chi connectivity index (χ0) is 23.3. The third kappa shape index (κ3) is 6.16. The maximum absolute atomic E-state index is 13.6. The van der Waals surface area contributed by atoms with Gasteiger partial charge in [-0.05, 0) is 63.9 Å². The summed E-state index contributed by atoms with van der Waals surface area (Å²) in [5, 5.41) is 0. The minimum atomic E-state index is -4.53. The number of halogens is 3. The van der Waals surface area contributed by atoms with Gasteiger partial charge in [-0.2, -0.15) is 13.2 Å². The molecule has 1 aliphatic heterocycles. The predicted molar refractivity (Wildman–Crippen MR) is 124 cm³/mol. The van der Waals surface area contributed by atoms with Gasteiger partial charge < -0.3 is 14.6 Å². The largest absolute Gasteiger partial charge is 0.494 e. The van der Waals surface area contributed by atoms with Crippen LogP contribution in [0.2, 0.25) is 0 Å². The summed E-state index contributed by atoms with van der Waals surface area (Å²) < 4.78 is 46.8. The highest BCUT2D eigenvalue weighted by molar-refractivity contribution is 5.68. The number of nitrogens with zero attached hydrogens (tertiary/aromatic N) is 2. The Balaban J connectivity index is 1.39. The number of ether oxygens (including phenoxy) is 1. The van der Waals surface area contributed by atoms with Gasteiger partial charge >= 0.3 is 6.18 Å². The van der Waals surface area contributed by atoms with Crippen molar-refractivity contribution in [3.8, 4) is 28.4 Å². The molecule has 33 heavy (non-hydrogen) atoms. The maximum Gasteiger partial charge on any atom is 0.433 e. The molecule has 0 radical (unpaired) electrons. The van der Waals surface area contributed by atoms with Crippen molar-refractivity contribution >= 4 is 0 Å². The molecule has 0 saturated carbocycles. The first-order valence-electron chi connectivity index (χ1n) is 11.5. The van der Waals surface area contributed by atoms with Gasteiger partial charge in [-0.1, -0.05) is 48.9 Å². The molecule has 4 nitrogen and oxygen atoms in total. The fraction of sp³-hybridized carbons (Fsp3) is 0.423. The van der Waals surface area contributed by atoms with E-state index in [-0.39, 0.29) is 11.5 Å². The van der Waals surface area contributed by atoms with Gasteiger partial charge in [0.05, 0.1) is 6.61 Å². The highest BCUT2D eigenvalue weighted by Gasteiger charge is 2.37. The van der Waals surface area contributed by atoms with Crippen molar-refractivity contribution in [3.63, 3.8) is 0 Å². The first-order chi connectivity index (χ1) is 15.9. The van der Waals surface area contributed by atoms with Gasteiger partial charge in [-0.3, -0.25) is 0 Å². The van der Waals surface area contributed by atoms with E-state index >= 15 is 0 Å². The third-order valence-electron chi connectivity index (χ3n) is 6.26. The molecule has 176 valence electrons. The quantitative estimate of drug-likeness (QED) is 0.385. The SMILES string of the molecule is CN1CCC(CCCCOc2cccc(-c3nc(-c4ccccc4)c(C(F)(F)F)[nH]3)c2)CC1. The molecule has 2 heterocycles. The number of alkyl halides is 3. The number of nitrogens with one attached hydrogen (secondary N) is 1. The number of benzene rings is 2. The summed E-state index contributed by atoms with van der Waals surface area (Å²) in [5.41, 5.74) is 0.0399. The number of hydrogen-bond acceptors (Lipinski definition) is 3. The molecular formula is C26H30F3N3O. The summed E-state index contributed by atoms with van der Waals surface area (Å²) in [6.07, 6.45) is 1.33. The summed E-state index contributed by atoms with van der Waals surface area (Å²) in [5.74, 6) is 1.62. The highest BCUT2D eigenvalue weighted by atomic mass is 19.4. The van der Waals surface area contributed by atoms with E-state index in [9.17, 15) is 13.2 Å². The summed E-state index contributed by atoms with van der Waals surface area (Å²) in [6.45, 7) is 2.96. The first-order valence-corrected chi connectivity index (χ1v) is 11.5. The molecule has 0 bridgehead atoms. The Morgan fingerprint density at radius 2 is 1.73 bits per heavy atom. The molecule has 0 amide bonds. The second-order valence-electron chi connectivity index (χ2n) is 8.79. The zero-order valence-electron chi connectivity index (χ0n) is 18.9. The van der Waals surface area contributed by atoms with Crippen LogP contribution in [0.4, 0.5) is 13.2 Å². The van der Waals surface area contributed by atoms with Gasteiger partial charge in [0.1, 0.15) is 23.0 Å². The summed E-state index contributed by atoms with van der Waals surface area (Å²) in [4.78, 5) is 9.16. The lowest BCUT2D eigenvalue weighted by molar-refractivity contribution is -0.140. The number of hydrogen-bond donors (Lipinski definition) is 1. The molecule has 2 aromatic carbocycles. The second-order valence-corrected chi connectivity index (χ2v) is 8.79. The molecule has 1 N–H and O–H groups in total. The van der Waals surface area contributed by atoms with Crippen molar-refractivity contribution < 1.29 is 17.9 Å². The number of aromatic amines is 1. The third-order valence-corrected chi connectivity index (χ3v) is 6.26. The Morgan fingerprint density at radius 3 is 2.45 bits per heavy atom. The number of rotatable bonds is 8. The average Bonchev–Trinajstić information content (AvgIpc) is 3.27. The van der Waals surface area contributed by atoms with Gasteiger partial charge in [0.2, 0.25) is 0 Å². The van der Waals surface area contributed by atoms with E-state index in [0.29, 0.717) is 23.5 Å². The Bertz CT molecular complexity index is 1020. The summed E-state index contributed by atoms with van der Waals surface area (Å²) in [6, 6.07) is 15.5. The van der Waals surface area contributed by atoms with Crippen LogP contribution in [0.5, 0.6) is 5.75 Å². The maximum atomic E-state index is 13.6. The number of unbranched alkanes of at least 4 members (excludes halogenated alkanes) is 1. The predicted octanol–water partition coefficient (Wildman–Crippen LogP) is 6.65. The normalized spacial score (nSPS) is 15.6. The lowest BCUT2D eigenvalue weighted by Crippen LogP contribution is -2.30. The first kappa shape index (κ1) is 23.4. The molecule has 1 aromatic heterocycles. The lowest BCUT2D eigenvalue weighted by atomic mass is 9.92. The molecule has 0 spiro atoms. The van der Waals surface area contributed by atoms with Crippen LogP contribution in [0.3, 0.4) is 0 Å². The topological polar surface area (TPSA) is 41.1 Å². The molecule has 4 rings (SSSR count). The molecule has 1 saturated heterocycles. The summed E-state index contributed by atoms with van der Waals surface area (Å²) in [7, 11) is 2.17. The zero-order valence-corrected chi connectivity index (χ0v) is 18.9. The van der Waals surface area contributed by atoms with E-state index < -0.39 is 11.9 Å². The van der Waals surface area contributed by atoms with Gasteiger partial charge in [-0.25, -0.2) is 4.98 Å². The Kier molecular flexibility index (Phi) is 7.38. The van der Waals surface area contributed by atoms with Crippen LogP contribution in [0.15, 0.2) is 54.6 Å². The van der Waals surface area contributed by atoms with Crippen LogP contribution < -0.4 is 4.74 Å². The van der Waals surface area contributed by atoms with Crippen LogP contribution >= 0.6 is 0 Å². The fourth-order valence-corrected chi connectivity index (χ4v) is 4.33. The Hall–Kier alpha value is -2.80. The average molecular weight is 458 g/mol. The van der Waals surface area contributed by atoms with Crippen LogP contribution in [0.1, 0.15) is 37.8 Å². The number of imidazole rings is 1. The van der Waals surface area contributed by atoms with Gasteiger partial charge in [0.15, 0.2) is 0 Å². The Morgan fingerprint density at radius 1 is 1.00 bits per heavy atom. The van der Waals surface area contributed by atoms with E-state index in [0.717, 1.165) is 18.8 Å². The molecular weight excluding hydrogens is 427 g/mol. The number of piperidine rings is 1.